The second-order valence-corrected chi connectivity index (χ2v) is 11.7. The molecule has 1 amide bonds. The van der Waals surface area contributed by atoms with Gasteiger partial charge in [0.1, 0.15) is 12.0 Å². The minimum absolute atomic E-state index is 0.0363. The fourth-order valence-electron chi connectivity index (χ4n) is 6.02. The van der Waals surface area contributed by atoms with Gasteiger partial charge in [0.15, 0.2) is 0 Å². The van der Waals surface area contributed by atoms with Crippen LogP contribution in [0.2, 0.25) is 0 Å². The quantitative estimate of drug-likeness (QED) is 0.303. The average Bonchev–Trinajstić information content (AvgIpc) is 2.87. The Morgan fingerprint density at radius 1 is 1.31 bits per heavy atom. The molecule has 0 bridgehead atoms. The Balaban J connectivity index is 1.49. The van der Waals surface area contributed by atoms with E-state index < -0.39 is 0 Å². The molecule has 2 aliphatic rings. The van der Waals surface area contributed by atoms with Gasteiger partial charge in [-0.1, -0.05) is 52.2 Å². The number of carbonyl (C=O) groups excluding carboxylic acids is 2. The maximum absolute atomic E-state index is 13.2. The van der Waals surface area contributed by atoms with Crippen molar-refractivity contribution < 1.29 is 14.7 Å². The fraction of sp³-hybridized carbons (Fsp3) is 0.733. The zero-order valence-corrected chi connectivity index (χ0v) is 22.9. The number of aldehydes is 1. The normalized spacial score (nSPS) is 24.4. The highest BCUT2D eigenvalue weighted by Gasteiger charge is 2.38. The average molecular weight is 500 g/mol. The van der Waals surface area contributed by atoms with E-state index in [-0.39, 0.29) is 17.2 Å². The number of carbonyl (C=O) groups is 2. The predicted octanol–water partition coefficient (Wildman–Crippen LogP) is 4.75. The topological polar surface area (TPSA) is 72.9 Å². The molecule has 0 radical (unpaired) electrons. The van der Waals surface area contributed by atoms with Gasteiger partial charge in [-0.25, -0.2) is 0 Å². The monoisotopic (exact) mass is 499 g/mol. The fourth-order valence-corrected chi connectivity index (χ4v) is 6.02. The van der Waals surface area contributed by atoms with E-state index in [2.05, 4.69) is 37.1 Å². The van der Waals surface area contributed by atoms with Gasteiger partial charge in [-0.3, -0.25) is 4.79 Å². The lowest BCUT2D eigenvalue weighted by Crippen LogP contribution is -2.50. The molecule has 6 nitrogen and oxygen atoms in total. The van der Waals surface area contributed by atoms with E-state index in [9.17, 15) is 14.7 Å². The molecule has 0 aromatic heterocycles. The van der Waals surface area contributed by atoms with Crippen LogP contribution in [0.5, 0.6) is 5.75 Å². The summed E-state index contributed by atoms with van der Waals surface area (Å²) in [5.74, 6) is 1.17. The number of piperidine rings is 1. The largest absolute Gasteiger partial charge is 0.508 e. The zero-order valence-electron chi connectivity index (χ0n) is 22.9. The van der Waals surface area contributed by atoms with Crippen LogP contribution in [0.3, 0.4) is 0 Å². The Bertz CT molecular complexity index is 825. The van der Waals surface area contributed by atoms with E-state index in [1.807, 2.05) is 17.0 Å². The standard InChI is InChI=1S/C30H49N3O3/c1-24(14-20-34)22-33(29(36)13-8-16-31-27-10-5-4-6-11-27)19-18-32-17-15-30(3,25(2)23-32)26-9-7-12-28(35)21-26/h7,9,12,20-21,24-25,27,31,35H,4-6,8,10-11,13-19,22-23H2,1-3H3/t24?,25-,30-/m0/s1. The molecule has 1 aromatic carbocycles. The molecule has 2 N–H and O–H groups in total. The number of phenols is 1. The summed E-state index contributed by atoms with van der Waals surface area (Å²) in [7, 11) is 0. The first kappa shape index (κ1) is 28.6. The van der Waals surface area contributed by atoms with Gasteiger partial charge in [0.25, 0.3) is 0 Å². The van der Waals surface area contributed by atoms with Gasteiger partial charge in [-0.15, -0.1) is 0 Å². The molecule has 202 valence electrons. The van der Waals surface area contributed by atoms with Gasteiger partial charge in [-0.2, -0.15) is 0 Å². The molecule has 1 aliphatic heterocycles. The summed E-state index contributed by atoms with van der Waals surface area (Å²) in [6.45, 7) is 11.8. The summed E-state index contributed by atoms with van der Waals surface area (Å²) in [4.78, 5) is 28.7. The molecule has 1 aromatic rings. The molecule has 2 fully saturated rings. The highest BCUT2D eigenvalue weighted by molar-refractivity contribution is 5.76. The highest BCUT2D eigenvalue weighted by atomic mass is 16.3. The number of hydrogen-bond donors (Lipinski definition) is 2. The van der Waals surface area contributed by atoms with Crippen LogP contribution in [0.1, 0.15) is 84.1 Å². The molecule has 1 aliphatic carbocycles. The first-order chi connectivity index (χ1) is 17.3. The smallest absolute Gasteiger partial charge is 0.222 e. The summed E-state index contributed by atoms with van der Waals surface area (Å²) in [6.07, 6.45) is 10.5. The van der Waals surface area contributed by atoms with Gasteiger partial charge in [0.05, 0.1) is 0 Å². The first-order valence-corrected chi connectivity index (χ1v) is 14.3. The molecule has 1 heterocycles. The van der Waals surface area contributed by atoms with E-state index in [0.717, 1.165) is 45.3 Å². The van der Waals surface area contributed by atoms with Crippen molar-refractivity contribution >= 4 is 12.2 Å². The van der Waals surface area contributed by atoms with E-state index in [0.29, 0.717) is 43.6 Å². The molecule has 36 heavy (non-hydrogen) atoms. The molecule has 0 spiro atoms. The number of aromatic hydroxyl groups is 1. The molecule has 1 unspecified atom stereocenters. The van der Waals surface area contributed by atoms with E-state index in [1.165, 1.54) is 37.7 Å². The third-order valence-electron chi connectivity index (χ3n) is 8.75. The van der Waals surface area contributed by atoms with Crippen LogP contribution >= 0.6 is 0 Å². The Morgan fingerprint density at radius 3 is 2.78 bits per heavy atom. The summed E-state index contributed by atoms with van der Waals surface area (Å²) < 4.78 is 0. The molecule has 1 saturated carbocycles. The Hall–Kier alpha value is -1.92. The van der Waals surface area contributed by atoms with Crippen LogP contribution in [-0.4, -0.2) is 72.4 Å². The molecular formula is C30H49N3O3. The number of hydrogen-bond acceptors (Lipinski definition) is 5. The van der Waals surface area contributed by atoms with Crippen molar-refractivity contribution in [3.05, 3.63) is 29.8 Å². The SMILES string of the molecule is CC(CC=O)CN(CCN1CC[C@](C)(c2cccc(O)c2)[C@@H](C)C1)C(=O)CCCNC1CCCCC1. The van der Waals surface area contributed by atoms with E-state index >= 15 is 0 Å². The summed E-state index contributed by atoms with van der Waals surface area (Å²) in [5, 5.41) is 13.6. The maximum atomic E-state index is 13.2. The lowest BCUT2D eigenvalue weighted by Gasteiger charge is -2.45. The number of amides is 1. The zero-order chi connectivity index (χ0) is 26.0. The van der Waals surface area contributed by atoms with Crippen molar-refractivity contribution in [1.82, 2.24) is 15.1 Å². The molecular weight excluding hydrogens is 450 g/mol. The second-order valence-electron chi connectivity index (χ2n) is 11.7. The number of likely N-dealkylation sites (tertiary alicyclic amines) is 1. The van der Waals surface area contributed by atoms with Crippen LogP contribution in [0, 0.1) is 11.8 Å². The van der Waals surface area contributed by atoms with Crippen LogP contribution in [0.25, 0.3) is 0 Å². The van der Waals surface area contributed by atoms with Crippen molar-refractivity contribution in [2.45, 2.75) is 90.0 Å². The number of phenolic OH excluding ortho intramolecular Hbond substituents is 1. The van der Waals surface area contributed by atoms with Gasteiger partial charge in [0, 0.05) is 45.1 Å². The molecule has 3 atom stereocenters. The van der Waals surface area contributed by atoms with Gasteiger partial charge < -0.3 is 25.0 Å². The molecule has 1 saturated heterocycles. The van der Waals surface area contributed by atoms with Crippen LogP contribution < -0.4 is 5.32 Å². The first-order valence-electron chi connectivity index (χ1n) is 14.3. The van der Waals surface area contributed by atoms with Crippen molar-refractivity contribution in [3.63, 3.8) is 0 Å². The van der Waals surface area contributed by atoms with Gasteiger partial charge >= 0.3 is 0 Å². The molecule has 3 rings (SSSR count). The van der Waals surface area contributed by atoms with Crippen molar-refractivity contribution in [1.29, 1.82) is 0 Å². The van der Waals surface area contributed by atoms with Crippen molar-refractivity contribution in [3.8, 4) is 5.75 Å². The number of benzene rings is 1. The Morgan fingerprint density at radius 2 is 2.08 bits per heavy atom. The third kappa shape index (κ3) is 8.31. The maximum Gasteiger partial charge on any atom is 0.222 e. The summed E-state index contributed by atoms with van der Waals surface area (Å²) in [6, 6.07) is 8.33. The summed E-state index contributed by atoms with van der Waals surface area (Å²) in [5.41, 5.74) is 1.24. The van der Waals surface area contributed by atoms with E-state index in [1.54, 1.807) is 6.07 Å². The minimum atomic E-state index is 0.0363. The van der Waals surface area contributed by atoms with Crippen LogP contribution in [-0.2, 0) is 15.0 Å². The van der Waals surface area contributed by atoms with Crippen LogP contribution in [0.4, 0.5) is 0 Å². The highest BCUT2D eigenvalue weighted by Crippen LogP contribution is 2.40. The Kier molecular flexibility index (Phi) is 11.2. The third-order valence-corrected chi connectivity index (χ3v) is 8.75. The Labute approximate surface area is 218 Å². The van der Waals surface area contributed by atoms with Crippen LogP contribution in [0.15, 0.2) is 24.3 Å². The molecule has 6 heteroatoms. The van der Waals surface area contributed by atoms with Gasteiger partial charge in [0.2, 0.25) is 5.91 Å². The van der Waals surface area contributed by atoms with Gasteiger partial charge in [-0.05, 0) is 73.7 Å². The lowest BCUT2D eigenvalue weighted by molar-refractivity contribution is -0.132. The van der Waals surface area contributed by atoms with E-state index in [4.69, 9.17) is 0 Å². The predicted molar refractivity (Wildman–Crippen MR) is 146 cm³/mol. The number of rotatable bonds is 13. The lowest BCUT2D eigenvalue weighted by atomic mass is 9.68. The van der Waals surface area contributed by atoms with Crippen molar-refractivity contribution in [2.75, 3.05) is 39.3 Å². The summed E-state index contributed by atoms with van der Waals surface area (Å²) >= 11 is 0. The number of nitrogens with one attached hydrogen (secondary N) is 1. The minimum Gasteiger partial charge on any atom is -0.508 e. The van der Waals surface area contributed by atoms with Crippen molar-refractivity contribution in [2.24, 2.45) is 11.8 Å². The second kappa shape index (κ2) is 14.1. The number of nitrogens with zero attached hydrogens (tertiary/aromatic N) is 2.